The van der Waals surface area contributed by atoms with Gasteiger partial charge in [-0.05, 0) is 12.8 Å². The van der Waals surface area contributed by atoms with Gasteiger partial charge in [-0.25, -0.2) is 4.84 Å². The fourth-order valence-electron chi connectivity index (χ4n) is 1.61. The number of hydrogen-bond acceptors (Lipinski definition) is 5. The van der Waals surface area contributed by atoms with Crippen LogP contribution < -0.4 is 0 Å². The van der Waals surface area contributed by atoms with E-state index in [4.69, 9.17) is 10.4 Å². The maximum Gasteiger partial charge on any atom is 0.141 e. The number of carbonyl (C=O) groups is 1. The molecule has 0 saturated heterocycles. The van der Waals surface area contributed by atoms with Crippen molar-refractivity contribution >= 4 is 5.78 Å². The Morgan fingerprint density at radius 2 is 1.86 bits per heavy atom. The molecule has 0 unspecified atom stereocenters. The highest BCUT2D eigenvalue weighted by atomic mass is 17.1. The lowest BCUT2D eigenvalue weighted by atomic mass is 9.71. The van der Waals surface area contributed by atoms with Crippen LogP contribution in [0.4, 0.5) is 0 Å². The summed E-state index contributed by atoms with van der Waals surface area (Å²) in [5, 5.41) is 16.4. The molecule has 1 aliphatic rings. The van der Waals surface area contributed by atoms with Crippen molar-refractivity contribution in [1.29, 1.82) is 0 Å². The molecule has 1 rings (SSSR count). The van der Waals surface area contributed by atoms with Gasteiger partial charge in [0.25, 0.3) is 0 Å². The Morgan fingerprint density at radius 3 is 2.21 bits per heavy atom. The molecule has 5 nitrogen and oxygen atoms in total. The predicted molar refractivity (Wildman–Crippen MR) is 47.5 cm³/mol. The molecule has 0 heterocycles. The van der Waals surface area contributed by atoms with Crippen LogP contribution in [-0.4, -0.2) is 27.7 Å². The minimum Gasteiger partial charge on any atom is -0.299 e. The monoisotopic (exact) mass is 203 g/mol. The van der Waals surface area contributed by atoms with Gasteiger partial charge in [0.05, 0.1) is 11.5 Å². The molecule has 0 aromatic carbocycles. The van der Waals surface area contributed by atoms with Gasteiger partial charge in [0.15, 0.2) is 0 Å². The van der Waals surface area contributed by atoms with Gasteiger partial charge < -0.3 is 0 Å². The molecule has 5 heteroatoms. The predicted octanol–water partition coefficient (Wildman–Crippen LogP) is 1.39. The highest BCUT2D eigenvalue weighted by Crippen LogP contribution is 2.36. The molecule has 1 aliphatic carbocycles. The fraction of sp³-hybridized carbons (Fsp3) is 0.889. The minimum absolute atomic E-state index is 0.0000463. The summed E-state index contributed by atoms with van der Waals surface area (Å²) in [6, 6.07) is 0. The van der Waals surface area contributed by atoms with E-state index in [0.717, 1.165) is 0 Å². The number of nitrogens with zero attached hydrogens (tertiary/aromatic N) is 1. The van der Waals surface area contributed by atoms with Gasteiger partial charge in [-0.2, -0.15) is 0 Å². The molecule has 0 aromatic rings. The van der Waals surface area contributed by atoms with Crippen molar-refractivity contribution in [3.8, 4) is 0 Å². The molecule has 0 amide bonds. The quantitative estimate of drug-likeness (QED) is 0.678. The average Bonchev–Trinajstić information content (AvgIpc) is 1.92. The van der Waals surface area contributed by atoms with Crippen LogP contribution in [0.5, 0.6) is 0 Å². The smallest absolute Gasteiger partial charge is 0.141 e. The normalized spacial score (nSPS) is 27.6. The van der Waals surface area contributed by atoms with E-state index in [1.807, 2.05) is 20.8 Å². The van der Waals surface area contributed by atoms with Crippen molar-refractivity contribution in [2.45, 2.75) is 39.7 Å². The summed E-state index contributed by atoms with van der Waals surface area (Å²) in [6.45, 7) is 5.65. The van der Waals surface area contributed by atoms with Crippen LogP contribution in [0, 0.1) is 11.3 Å². The second-order valence-corrected chi connectivity index (χ2v) is 4.76. The second-order valence-electron chi connectivity index (χ2n) is 4.76. The Balaban J connectivity index is 2.31. The summed E-state index contributed by atoms with van der Waals surface area (Å²) in [4.78, 5) is 16.3. The van der Waals surface area contributed by atoms with Crippen molar-refractivity contribution in [1.82, 2.24) is 5.39 Å². The number of rotatable bonds is 3. The Hall–Kier alpha value is -0.490. The largest absolute Gasteiger partial charge is 0.299 e. The first-order valence-corrected chi connectivity index (χ1v) is 4.69. The van der Waals surface area contributed by atoms with E-state index < -0.39 is 0 Å². The molecule has 2 N–H and O–H groups in total. The third kappa shape index (κ3) is 2.75. The SMILES string of the molecule is CC(C)(C)C(=O)[C@H]1C[C@@H](ON(O)O)C1. The summed E-state index contributed by atoms with van der Waals surface area (Å²) in [5.41, 5.74) is -0.326. The molecule has 14 heavy (non-hydrogen) atoms. The zero-order chi connectivity index (χ0) is 10.9. The molecule has 0 atom stereocenters. The van der Waals surface area contributed by atoms with Crippen molar-refractivity contribution in [3.05, 3.63) is 0 Å². The maximum atomic E-state index is 11.7. The standard InChI is InChI=1S/C9H17NO4/c1-9(2,3)8(11)6-4-7(5-6)14-10(12)13/h6-7,12-13H,4-5H2,1-3H3/t6-,7+. The van der Waals surface area contributed by atoms with Gasteiger partial charge in [0, 0.05) is 11.3 Å². The lowest BCUT2D eigenvalue weighted by Gasteiger charge is -2.36. The Labute approximate surface area is 83.1 Å². The van der Waals surface area contributed by atoms with Crippen LogP contribution in [0.1, 0.15) is 33.6 Å². The highest BCUT2D eigenvalue weighted by molar-refractivity contribution is 5.86. The van der Waals surface area contributed by atoms with Gasteiger partial charge in [-0.3, -0.25) is 15.2 Å². The highest BCUT2D eigenvalue weighted by Gasteiger charge is 2.40. The van der Waals surface area contributed by atoms with Crippen molar-refractivity contribution in [2.75, 3.05) is 0 Å². The van der Waals surface area contributed by atoms with E-state index in [0.29, 0.717) is 12.8 Å². The van der Waals surface area contributed by atoms with Gasteiger partial charge in [0.2, 0.25) is 0 Å². The van der Waals surface area contributed by atoms with Crippen LogP contribution in [0.15, 0.2) is 0 Å². The van der Waals surface area contributed by atoms with Crippen molar-refractivity contribution in [2.24, 2.45) is 11.3 Å². The van der Waals surface area contributed by atoms with Crippen LogP contribution in [0.3, 0.4) is 0 Å². The van der Waals surface area contributed by atoms with Crippen LogP contribution in [0.25, 0.3) is 0 Å². The zero-order valence-corrected chi connectivity index (χ0v) is 8.73. The summed E-state index contributed by atoms with van der Waals surface area (Å²) in [5.74, 6) is 0.208. The molecule has 1 fully saturated rings. The first kappa shape index (κ1) is 11.6. The van der Waals surface area contributed by atoms with Gasteiger partial charge in [0.1, 0.15) is 5.78 Å². The van der Waals surface area contributed by atoms with Crippen LogP contribution >= 0.6 is 0 Å². The maximum absolute atomic E-state index is 11.7. The van der Waals surface area contributed by atoms with E-state index in [1.165, 1.54) is 0 Å². The van der Waals surface area contributed by atoms with E-state index in [-0.39, 0.29) is 28.6 Å². The lowest BCUT2D eigenvalue weighted by molar-refractivity contribution is -0.510. The summed E-state index contributed by atoms with van der Waals surface area (Å²) in [7, 11) is 0. The van der Waals surface area contributed by atoms with E-state index >= 15 is 0 Å². The molecule has 1 saturated carbocycles. The number of carbonyl (C=O) groups excluding carboxylic acids is 1. The topological polar surface area (TPSA) is 70.0 Å². The minimum atomic E-state index is -0.326. The Kier molecular flexibility index (Phi) is 3.26. The zero-order valence-electron chi connectivity index (χ0n) is 8.73. The molecule has 0 aliphatic heterocycles. The van der Waals surface area contributed by atoms with Crippen molar-refractivity contribution < 1.29 is 20.0 Å². The Morgan fingerprint density at radius 1 is 1.36 bits per heavy atom. The number of hydrogen-bond donors (Lipinski definition) is 2. The van der Waals surface area contributed by atoms with Gasteiger partial charge in [-0.1, -0.05) is 20.8 Å². The third-order valence-corrected chi connectivity index (χ3v) is 2.45. The molecule has 0 aromatic heterocycles. The molecule has 0 bridgehead atoms. The van der Waals surface area contributed by atoms with E-state index in [1.54, 1.807) is 0 Å². The average molecular weight is 203 g/mol. The first-order chi connectivity index (χ1) is 6.30. The Bertz CT molecular complexity index is 215. The molecular weight excluding hydrogens is 186 g/mol. The molecule has 0 spiro atoms. The second kappa shape index (κ2) is 3.94. The lowest BCUT2D eigenvalue weighted by Crippen LogP contribution is -2.43. The fourth-order valence-corrected chi connectivity index (χ4v) is 1.61. The first-order valence-electron chi connectivity index (χ1n) is 4.69. The molecular formula is C9H17NO4. The summed E-state index contributed by atoms with van der Waals surface area (Å²) in [6.07, 6.45) is 0.878. The van der Waals surface area contributed by atoms with Crippen molar-refractivity contribution in [3.63, 3.8) is 0 Å². The summed E-state index contributed by atoms with van der Waals surface area (Å²) < 4.78 is 0. The van der Waals surface area contributed by atoms with E-state index in [2.05, 4.69) is 4.84 Å². The number of ketones is 1. The molecule has 0 radical (unpaired) electrons. The van der Waals surface area contributed by atoms with Gasteiger partial charge >= 0.3 is 0 Å². The van der Waals surface area contributed by atoms with Crippen LogP contribution in [-0.2, 0) is 9.63 Å². The number of Topliss-reactive ketones (excluding diaryl/α,β-unsaturated/α-hetero) is 1. The van der Waals surface area contributed by atoms with Gasteiger partial charge in [-0.15, -0.1) is 0 Å². The van der Waals surface area contributed by atoms with Crippen LogP contribution in [0.2, 0.25) is 0 Å². The third-order valence-electron chi connectivity index (χ3n) is 2.45. The summed E-state index contributed by atoms with van der Waals surface area (Å²) >= 11 is 0. The van der Waals surface area contributed by atoms with E-state index in [9.17, 15) is 4.79 Å². The molecule has 82 valence electrons.